The monoisotopic (exact) mass is 415 g/mol. The van der Waals surface area contributed by atoms with Crippen LogP contribution < -0.4 is 15.8 Å². The van der Waals surface area contributed by atoms with Gasteiger partial charge in [-0.2, -0.15) is 5.10 Å². The molecule has 0 aliphatic heterocycles. The minimum atomic E-state index is -3.75. The second-order valence-electron chi connectivity index (χ2n) is 6.16. The third-order valence-corrected chi connectivity index (χ3v) is 5.49. The normalized spacial score (nSPS) is 11.8. The van der Waals surface area contributed by atoms with Crippen molar-refractivity contribution in [3.63, 3.8) is 0 Å². The van der Waals surface area contributed by atoms with Crippen molar-refractivity contribution in [2.75, 3.05) is 18.4 Å². The van der Waals surface area contributed by atoms with Gasteiger partial charge in [-0.15, -0.1) is 0 Å². The lowest BCUT2D eigenvalue weighted by Crippen LogP contribution is -2.29. The number of hydrogen-bond donors (Lipinski definition) is 3. The Morgan fingerprint density at radius 3 is 2.83 bits per heavy atom. The number of aryl methyl sites for hydroxylation is 1. The predicted octanol–water partition coefficient (Wildman–Crippen LogP) is 0.796. The van der Waals surface area contributed by atoms with Gasteiger partial charge < -0.3 is 9.73 Å². The van der Waals surface area contributed by atoms with Crippen LogP contribution in [0.1, 0.15) is 5.69 Å². The van der Waals surface area contributed by atoms with Gasteiger partial charge in [-0.25, -0.2) is 32.6 Å². The molecular weight excluding hydrogens is 398 g/mol. The van der Waals surface area contributed by atoms with Gasteiger partial charge >= 0.3 is 5.76 Å². The number of rotatable bonds is 7. The first kappa shape index (κ1) is 18.8. The van der Waals surface area contributed by atoms with E-state index in [9.17, 15) is 13.2 Å². The molecule has 29 heavy (non-hydrogen) atoms. The number of hydrogen-bond acceptors (Lipinski definition) is 8. The molecule has 3 aromatic heterocycles. The highest BCUT2D eigenvalue weighted by atomic mass is 32.2. The molecule has 0 radical (unpaired) electrons. The number of sulfonamides is 1. The summed E-state index contributed by atoms with van der Waals surface area (Å²) >= 11 is 0. The van der Waals surface area contributed by atoms with Crippen LogP contribution in [0, 0.1) is 6.92 Å². The standard InChI is InChI=1S/C17H17N7O4S/c1-11-4-7-24(23-11)16-9-15(19-10-20-16)18-5-6-21-29(26,27)12-2-3-14-13(8-12)22-17(25)28-14/h2-4,7-10,21H,5-6H2,1H3,(H,22,25)(H,18,19,20). The Bertz CT molecular complexity index is 1320. The number of fused-ring (bicyclic) bond motifs is 1. The van der Waals surface area contributed by atoms with E-state index in [0.29, 0.717) is 29.3 Å². The summed E-state index contributed by atoms with van der Waals surface area (Å²) in [6, 6.07) is 7.72. The summed E-state index contributed by atoms with van der Waals surface area (Å²) in [4.78, 5) is 21.9. The maximum Gasteiger partial charge on any atom is 0.417 e. The molecule has 3 heterocycles. The highest BCUT2D eigenvalue weighted by Crippen LogP contribution is 2.16. The molecule has 0 spiro atoms. The lowest BCUT2D eigenvalue weighted by Gasteiger charge is -2.09. The third kappa shape index (κ3) is 4.17. The minimum absolute atomic E-state index is 0.0282. The molecule has 4 rings (SSSR count). The second-order valence-corrected chi connectivity index (χ2v) is 7.93. The van der Waals surface area contributed by atoms with Crippen molar-refractivity contribution in [2.45, 2.75) is 11.8 Å². The smallest absolute Gasteiger partial charge is 0.408 e. The average molecular weight is 415 g/mol. The first-order valence-electron chi connectivity index (χ1n) is 8.62. The number of oxazole rings is 1. The van der Waals surface area contributed by atoms with Crippen LogP contribution in [0.25, 0.3) is 16.9 Å². The maximum absolute atomic E-state index is 12.4. The van der Waals surface area contributed by atoms with Gasteiger partial charge in [-0.05, 0) is 31.2 Å². The zero-order chi connectivity index (χ0) is 20.4. The number of anilines is 1. The Labute approximate surface area is 164 Å². The molecule has 11 nitrogen and oxygen atoms in total. The molecule has 12 heteroatoms. The van der Waals surface area contributed by atoms with E-state index in [1.54, 1.807) is 16.9 Å². The zero-order valence-corrected chi connectivity index (χ0v) is 16.1. The van der Waals surface area contributed by atoms with Gasteiger partial charge in [0.15, 0.2) is 11.4 Å². The van der Waals surface area contributed by atoms with Crippen LogP contribution in [0.15, 0.2) is 57.0 Å². The summed E-state index contributed by atoms with van der Waals surface area (Å²) in [5, 5.41) is 7.32. The molecule has 0 aliphatic rings. The Hall–Kier alpha value is -3.51. The number of nitrogens with zero attached hydrogens (tertiary/aromatic N) is 4. The maximum atomic E-state index is 12.4. The van der Waals surface area contributed by atoms with E-state index in [-0.39, 0.29) is 11.4 Å². The van der Waals surface area contributed by atoms with E-state index in [2.05, 4.69) is 30.1 Å². The van der Waals surface area contributed by atoms with Crippen LogP contribution in [0.3, 0.4) is 0 Å². The number of benzene rings is 1. The highest BCUT2D eigenvalue weighted by Gasteiger charge is 2.15. The van der Waals surface area contributed by atoms with Crippen LogP contribution >= 0.6 is 0 Å². The van der Waals surface area contributed by atoms with Gasteiger partial charge in [0, 0.05) is 25.4 Å². The first-order chi connectivity index (χ1) is 13.9. The Morgan fingerprint density at radius 2 is 2.03 bits per heavy atom. The van der Waals surface area contributed by atoms with Crippen LogP contribution in [0.4, 0.5) is 5.82 Å². The molecule has 0 unspecified atom stereocenters. The molecule has 150 valence electrons. The summed E-state index contributed by atoms with van der Waals surface area (Å²) in [7, 11) is -3.75. The lowest BCUT2D eigenvalue weighted by molar-refractivity contribution is 0.555. The van der Waals surface area contributed by atoms with E-state index in [0.717, 1.165) is 5.69 Å². The van der Waals surface area contributed by atoms with Crippen LogP contribution in [0.5, 0.6) is 0 Å². The SMILES string of the molecule is Cc1ccn(-c2cc(NCCNS(=O)(=O)c3ccc4oc(=O)[nH]c4c3)ncn2)n1. The fourth-order valence-electron chi connectivity index (χ4n) is 2.67. The highest BCUT2D eigenvalue weighted by molar-refractivity contribution is 7.89. The fraction of sp³-hybridized carbons (Fsp3) is 0.176. The molecule has 0 amide bonds. The van der Waals surface area contributed by atoms with Crippen LogP contribution in [-0.4, -0.2) is 46.2 Å². The van der Waals surface area contributed by atoms with Gasteiger partial charge in [0.05, 0.1) is 16.1 Å². The van der Waals surface area contributed by atoms with Gasteiger partial charge in [0.1, 0.15) is 12.1 Å². The van der Waals surface area contributed by atoms with E-state index in [1.807, 2.05) is 13.0 Å². The fourth-order valence-corrected chi connectivity index (χ4v) is 3.73. The Kier molecular flexibility index (Phi) is 4.86. The average Bonchev–Trinajstić information content (AvgIpc) is 3.29. The van der Waals surface area contributed by atoms with E-state index in [4.69, 9.17) is 4.42 Å². The zero-order valence-electron chi connectivity index (χ0n) is 15.3. The molecular formula is C17H17N7O4S. The van der Waals surface area contributed by atoms with Crippen molar-refractivity contribution in [1.29, 1.82) is 0 Å². The second kappa shape index (κ2) is 7.48. The van der Waals surface area contributed by atoms with E-state index < -0.39 is 15.8 Å². The topological polar surface area (TPSA) is 148 Å². The van der Waals surface area contributed by atoms with E-state index in [1.165, 1.54) is 24.5 Å². The first-order valence-corrected chi connectivity index (χ1v) is 10.1. The molecule has 4 aromatic rings. The molecule has 0 bridgehead atoms. The van der Waals surface area contributed by atoms with Gasteiger partial charge in [-0.1, -0.05) is 0 Å². The third-order valence-electron chi connectivity index (χ3n) is 4.03. The minimum Gasteiger partial charge on any atom is -0.408 e. The van der Waals surface area contributed by atoms with Crippen molar-refractivity contribution >= 4 is 26.9 Å². The lowest BCUT2D eigenvalue weighted by atomic mass is 10.3. The Balaban J connectivity index is 1.37. The molecule has 0 atom stereocenters. The summed E-state index contributed by atoms with van der Waals surface area (Å²) in [5.41, 5.74) is 1.48. The number of nitrogens with one attached hydrogen (secondary N) is 3. The summed E-state index contributed by atoms with van der Waals surface area (Å²) in [5.74, 6) is 0.500. The molecule has 1 aromatic carbocycles. The Morgan fingerprint density at radius 1 is 1.17 bits per heavy atom. The molecule has 0 fully saturated rings. The predicted molar refractivity (Wildman–Crippen MR) is 104 cm³/mol. The van der Waals surface area contributed by atoms with Crippen molar-refractivity contribution < 1.29 is 12.8 Å². The van der Waals surface area contributed by atoms with Crippen molar-refractivity contribution in [1.82, 2.24) is 29.5 Å². The number of aromatic amines is 1. The van der Waals surface area contributed by atoms with Crippen molar-refractivity contribution in [2.24, 2.45) is 0 Å². The van der Waals surface area contributed by atoms with Gasteiger partial charge in [-0.3, -0.25) is 4.98 Å². The van der Waals surface area contributed by atoms with Crippen LogP contribution in [0.2, 0.25) is 0 Å². The molecule has 0 saturated carbocycles. The molecule has 3 N–H and O–H groups in total. The number of aromatic nitrogens is 5. The van der Waals surface area contributed by atoms with Crippen molar-refractivity contribution in [3.05, 3.63) is 59.1 Å². The van der Waals surface area contributed by atoms with Gasteiger partial charge in [0.2, 0.25) is 10.0 Å². The van der Waals surface area contributed by atoms with Crippen molar-refractivity contribution in [3.8, 4) is 5.82 Å². The summed E-state index contributed by atoms with van der Waals surface area (Å²) in [6.07, 6.45) is 3.19. The van der Waals surface area contributed by atoms with E-state index >= 15 is 0 Å². The van der Waals surface area contributed by atoms with Crippen LogP contribution in [-0.2, 0) is 10.0 Å². The van der Waals surface area contributed by atoms with Gasteiger partial charge in [0.25, 0.3) is 0 Å². The summed E-state index contributed by atoms with van der Waals surface area (Å²) in [6.45, 7) is 2.31. The molecule has 0 saturated heterocycles. The summed E-state index contributed by atoms with van der Waals surface area (Å²) < 4.78 is 33.9. The largest absolute Gasteiger partial charge is 0.417 e. The number of H-pyrrole nitrogens is 1. The quantitative estimate of drug-likeness (QED) is 0.375. The molecule has 0 aliphatic carbocycles.